The number of hydrogen-bond acceptors (Lipinski definition) is 2. The molecule has 0 saturated heterocycles. The van der Waals surface area contributed by atoms with Crippen LogP contribution in [-0.4, -0.2) is 4.98 Å². The standard InChI is InChI=1S/C14H16N2/c1-11(15)13-7-5-12(6-8-13)10-14-4-2-3-9-16-14/h2-9,11H,10,15H2,1H3. The summed E-state index contributed by atoms with van der Waals surface area (Å²) in [6, 6.07) is 14.5. The first-order valence-corrected chi connectivity index (χ1v) is 5.50. The van der Waals surface area contributed by atoms with Crippen LogP contribution in [0.15, 0.2) is 48.7 Å². The van der Waals surface area contributed by atoms with Crippen LogP contribution in [0.25, 0.3) is 0 Å². The molecule has 1 atom stereocenters. The average molecular weight is 212 g/mol. The van der Waals surface area contributed by atoms with Gasteiger partial charge in [-0.2, -0.15) is 0 Å². The molecule has 1 heterocycles. The van der Waals surface area contributed by atoms with Gasteiger partial charge in [0.2, 0.25) is 0 Å². The minimum atomic E-state index is 0.101. The molecule has 0 saturated carbocycles. The first-order valence-electron chi connectivity index (χ1n) is 5.50. The van der Waals surface area contributed by atoms with Gasteiger partial charge in [-0.25, -0.2) is 0 Å². The number of hydrogen-bond donors (Lipinski definition) is 1. The van der Waals surface area contributed by atoms with Crippen molar-refractivity contribution >= 4 is 0 Å². The Morgan fingerprint density at radius 2 is 1.88 bits per heavy atom. The Kier molecular flexibility index (Phi) is 3.32. The molecule has 0 amide bonds. The van der Waals surface area contributed by atoms with Gasteiger partial charge in [-0.1, -0.05) is 30.3 Å². The Morgan fingerprint density at radius 1 is 1.12 bits per heavy atom. The fourth-order valence-electron chi connectivity index (χ4n) is 1.65. The average Bonchev–Trinajstić information content (AvgIpc) is 2.31. The van der Waals surface area contributed by atoms with Gasteiger partial charge >= 0.3 is 0 Å². The number of rotatable bonds is 3. The monoisotopic (exact) mass is 212 g/mol. The molecular formula is C14H16N2. The van der Waals surface area contributed by atoms with E-state index in [-0.39, 0.29) is 6.04 Å². The quantitative estimate of drug-likeness (QED) is 0.849. The zero-order valence-corrected chi connectivity index (χ0v) is 9.43. The van der Waals surface area contributed by atoms with Crippen molar-refractivity contribution in [1.82, 2.24) is 4.98 Å². The molecule has 1 aromatic carbocycles. The zero-order chi connectivity index (χ0) is 11.4. The van der Waals surface area contributed by atoms with E-state index in [1.807, 2.05) is 31.3 Å². The third kappa shape index (κ3) is 2.67. The van der Waals surface area contributed by atoms with Crippen LogP contribution in [0.3, 0.4) is 0 Å². The molecule has 2 rings (SSSR count). The van der Waals surface area contributed by atoms with Crippen LogP contribution in [0, 0.1) is 0 Å². The molecule has 0 aliphatic heterocycles. The van der Waals surface area contributed by atoms with E-state index in [0.29, 0.717) is 0 Å². The number of benzene rings is 1. The molecule has 82 valence electrons. The van der Waals surface area contributed by atoms with Gasteiger partial charge in [0.25, 0.3) is 0 Å². The SMILES string of the molecule is CC(N)c1ccc(Cc2ccccn2)cc1. The van der Waals surface area contributed by atoms with Crippen LogP contribution in [0.2, 0.25) is 0 Å². The fraction of sp³-hybridized carbons (Fsp3) is 0.214. The first-order chi connectivity index (χ1) is 7.75. The van der Waals surface area contributed by atoms with Crippen molar-refractivity contribution in [2.24, 2.45) is 5.73 Å². The van der Waals surface area contributed by atoms with Gasteiger partial charge in [-0.05, 0) is 30.2 Å². The van der Waals surface area contributed by atoms with E-state index >= 15 is 0 Å². The Labute approximate surface area is 96.1 Å². The van der Waals surface area contributed by atoms with Crippen molar-refractivity contribution < 1.29 is 0 Å². The van der Waals surface area contributed by atoms with Gasteiger partial charge in [0.15, 0.2) is 0 Å². The summed E-state index contributed by atoms with van der Waals surface area (Å²) in [4.78, 5) is 4.31. The molecule has 0 aliphatic rings. The molecule has 0 bridgehead atoms. The molecular weight excluding hydrogens is 196 g/mol. The van der Waals surface area contributed by atoms with Crippen LogP contribution >= 0.6 is 0 Å². The summed E-state index contributed by atoms with van der Waals surface area (Å²) in [7, 11) is 0. The molecule has 2 nitrogen and oxygen atoms in total. The second kappa shape index (κ2) is 4.90. The predicted molar refractivity (Wildman–Crippen MR) is 66.1 cm³/mol. The van der Waals surface area contributed by atoms with E-state index in [4.69, 9.17) is 5.73 Å². The molecule has 1 aromatic heterocycles. The van der Waals surface area contributed by atoms with Crippen molar-refractivity contribution in [1.29, 1.82) is 0 Å². The maximum absolute atomic E-state index is 5.80. The molecule has 2 aromatic rings. The third-order valence-corrected chi connectivity index (χ3v) is 2.62. The summed E-state index contributed by atoms with van der Waals surface area (Å²) in [6.45, 7) is 1.99. The summed E-state index contributed by atoms with van der Waals surface area (Å²) in [6.07, 6.45) is 2.70. The summed E-state index contributed by atoms with van der Waals surface area (Å²) in [5.41, 5.74) is 9.34. The highest BCUT2D eigenvalue weighted by atomic mass is 14.7. The van der Waals surface area contributed by atoms with Crippen LogP contribution in [0.4, 0.5) is 0 Å². The van der Waals surface area contributed by atoms with E-state index in [1.165, 1.54) is 11.1 Å². The molecule has 16 heavy (non-hydrogen) atoms. The van der Waals surface area contributed by atoms with Gasteiger partial charge in [0.05, 0.1) is 0 Å². The molecule has 0 radical (unpaired) electrons. The highest BCUT2D eigenvalue weighted by Crippen LogP contribution is 2.13. The highest BCUT2D eigenvalue weighted by molar-refractivity contribution is 5.27. The van der Waals surface area contributed by atoms with Gasteiger partial charge in [0, 0.05) is 24.4 Å². The van der Waals surface area contributed by atoms with Crippen molar-refractivity contribution in [2.45, 2.75) is 19.4 Å². The maximum Gasteiger partial charge on any atom is 0.0447 e. The second-order valence-electron chi connectivity index (χ2n) is 4.03. The topological polar surface area (TPSA) is 38.9 Å². The lowest BCUT2D eigenvalue weighted by Crippen LogP contribution is -2.04. The molecule has 2 N–H and O–H groups in total. The summed E-state index contributed by atoms with van der Waals surface area (Å²) in [5, 5.41) is 0. The fourth-order valence-corrected chi connectivity index (χ4v) is 1.65. The van der Waals surface area contributed by atoms with Crippen LogP contribution < -0.4 is 5.73 Å². The van der Waals surface area contributed by atoms with Gasteiger partial charge in [-0.3, -0.25) is 4.98 Å². The molecule has 0 spiro atoms. The maximum atomic E-state index is 5.80. The van der Waals surface area contributed by atoms with Gasteiger partial charge < -0.3 is 5.73 Å². The lowest BCUT2D eigenvalue weighted by molar-refractivity contribution is 0.817. The van der Waals surface area contributed by atoms with E-state index in [0.717, 1.165) is 12.1 Å². The number of nitrogens with zero attached hydrogens (tertiary/aromatic N) is 1. The van der Waals surface area contributed by atoms with Crippen molar-refractivity contribution in [3.8, 4) is 0 Å². The second-order valence-corrected chi connectivity index (χ2v) is 4.03. The lowest BCUT2D eigenvalue weighted by Gasteiger charge is -2.06. The predicted octanol–water partition coefficient (Wildman–Crippen LogP) is 2.69. The number of aromatic nitrogens is 1. The van der Waals surface area contributed by atoms with Crippen LogP contribution in [0.1, 0.15) is 29.8 Å². The van der Waals surface area contributed by atoms with E-state index < -0.39 is 0 Å². The van der Waals surface area contributed by atoms with Crippen molar-refractivity contribution in [3.05, 3.63) is 65.5 Å². The van der Waals surface area contributed by atoms with E-state index in [1.54, 1.807) is 0 Å². The first kappa shape index (κ1) is 10.8. The Morgan fingerprint density at radius 3 is 2.44 bits per heavy atom. The summed E-state index contributed by atoms with van der Waals surface area (Å²) in [5.74, 6) is 0. The Balaban J connectivity index is 2.11. The third-order valence-electron chi connectivity index (χ3n) is 2.62. The molecule has 0 fully saturated rings. The van der Waals surface area contributed by atoms with Crippen molar-refractivity contribution in [2.75, 3.05) is 0 Å². The molecule has 2 heteroatoms. The van der Waals surface area contributed by atoms with Crippen LogP contribution in [-0.2, 0) is 6.42 Å². The normalized spacial score (nSPS) is 12.4. The van der Waals surface area contributed by atoms with Crippen LogP contribution in [0.5, 0.6) is 0 Å². The largest absolute Gasteiger partial charge is 0.324 e. The number of pyridine rings is 1. The zero-order valence-electron chi connectivity index (χ0n) is 9.43. The van der Waals surface area contributed by atoms with Gasteiger partial charge in [-0.15, -0.1) is 0 Å². The minimum Gasteiger partial charge on any atom is -0.324 e. The summed E-state index contributed by atoms with van der Waals surface area (Å²) >= 11 is 0. The highest BCUT2D eigenvalue weighted by Gasteiger charge is 2.00. The number of nitrogens with two attached hydrogens (primary N) is 1. The molecule has 0 aliphatic carbocycles. The molecule has 1 unspecified atom stereocenters. The van der Waals surface area contributed by atoms with E-state index in [2.05, 4.69) is 29.2 Å². The Bertz CT molecular complexity index is 432. The lowest BCUT2D eigenvalue weighted by atomic mass is 10.0. The summed E-state index contributed by atoms with van der Waals surface area (Å²) < 4.78 is 0. The Hall–Kier alpha value is -1.67. The van der Waals surface area contributed by atoms with E-state index in [9.17, 15) is 0 Å². The van der Waals surface area contributed by atoms with Gasteiger partial charge in [0.1, 0.15) is 0 Å². The minimum absolute atomic E-state index is 0.101. The van der Waals surface area contributed by atoms with Crippen molar-refractivity contribution in [3.63, 3.8) is 0 Å². The smallest absolute Gasteiger partial charge is 0.0447 e.